The summed E-state index contributed by atoms with van der Waals surface area (Å²) in [6.45, 7) is 7.79. The molecule has 0 spiro atoms. The van der Waals surface area contributed by atoms with Crippen molar-refractivity contribution in [1.29, 1.82) is 10.5 Å². The van der Waals surface area contributed by atoms with Crippen molar-refractivity contribution in [3.8, 4) is 34.8 Å². The summed E-state index contributed by atoms with van der Waals surface area (Å²) in [6, 6.07) is 11.3. The fourth-order valence-corrected chi connectivity index (χ4v) is 6.92. The van der Waals surface area contributed by atoms with Crippen LogP contribution in [0.2, 0.25) is 0 Å². The van der Waals surface area contributed by atoms with Crippen LogP contribution in [-0.4, -0.2) is 46.6 Å². The number of hydrogen-bond acceptors (Lipinski definition) is 12. The molecule has 0 unspecified atom stereocenters. The molecule has 0 radical (unpaired) electrons. The number of furan rings is 2. The van der Waals surface area contributed by atoms with Crippen LogP contribution in [0.3, 0.4) is 0 Å². The number of rotatable bonds is 15. The third-order valence-corrected chi connectivity index (χ3v) is 8.94. The SMILES string of the molecule is CCCc1nc(SCCSc2nc(CCC)c(C(=O)OCC)c(-c3ccco3)c2C#N)c(C#N)c(-c2ccco2)c1C(=O)OCC. The van der Waals surface area contributed by atoms with Gasteiger partial charge in [-0.1, -0.05) is 26.7 Å². The van der Waals surface area contributed by atoms with E-state index < -0.39 is 11.9 Å². The van der Waals surface area contributed by atoms with Crippen LogP contribution >= 0.6 is 23.5 Å². The number of pyridine rings is 2. The van der Waals surface area contributed by atoms with Gasteiger partial charge in [-0.2, -0.15) is 10.5 Å². The van der Waals surface area contributed by atoms with Crippen molar-refractivity contribution in [3.63, 3.8) is 0 Å². The first-order valence-corrected chi connectivity index (χ1v) is 17.0. The number of aryl methyl sites for hydroxylation is 2. The minimum atomic E-state index is -0.551. The van der Waals surface area contributed by atoms with Crippen molar-refractivity contribution < 1.29 is 27.9 Å². The maximum absolute atomic E-state index is 13.1. The van der Waals surface area contributed by atoms with Crippen molar-refractivity contribution in [2.75, 3.05) is 24.7 Å². The quantitative estimate of drug-likeness (QED) is 0.0693. The molecule has 4 rings (SSSR count). The van der Waals surface area contributed by atoms with Crippen molar-refractivity contribution in [2.24, 2.45) is 0 Å². The van der Waals surface area contributed by atoms with E-state index >= 15 is 0 Å². The monoisotopic (exact) mass is 658 g/mol. The molecular formula is C34H34N4O6S2. The highest BCUT2D eigenvalue weighted by molar-refractivity contribution is 8.03. The molecular weight excluding hydrogens is 625 g/mol. The minimum absolute atomic E-state index is 0.179. The van der Waals surface area contributed by atoms with E-state index in [4.69, 9.17) is 28.3 Å². The predicted octanol–water partition coefficient (Wildman–Crippen LogP) is 7.88. The Morgan fingerprint density at radius 1 is 0.739 bits per heavy atom. The summed E-state index contributed by atoms with van der Waals surface area (Å²) in [7, 11) is 0. The second kappa shape index (κ2) is 16.7. The van der Waals surface area contributed by atoms with E-state index in [0.717, 1.165) is 12.8 Å². The van der Waals surface area contributed by atoms with Gasteiger partial charge in [-0.05, 0) is 51.0 Å². The fourth-order valence-electron chi connectivity index (χ4n) is 4.93. The standard InChI is InChI=1S/C34H34N4O6S2/c1-5-11-23-29(33(39)41-7-3)27(25-13-9-15-43-25)21(19-35)31(37-23)45-17-18-46-32-22(20-36)28(26-14-10-16-44-26)30(34(40)42-8-4)24(38-32)12-6-2/h9-10,13-16H,5-8,11-12,17-18H2,1-4H3. The van der Waals surface area contributed by atoms with Crippen molar-refractivity contribution in [1.82, 2.24) is 9.97 Å². The average Bonchev–Trinajstić information content (AvgIpc) is 3.78. The molecule has 0 saturated heterocycles. The Morgan fingerprint density at radius 2 is 1.15 bits per heavy atom. The lowest BCUT2D eigenvalue weighted by atomic mass is 9.97. The lowest BCUT2D eigenvalue weighted by Gasteiger charge is -2.17. The molecule has 0 fully saturated rings. The lowest BCUT2D eigenvalue weighted by molar-refractivity contribution is 0.0515. The summed E-state index contributed by atoms with van der Waals surface area (Å²) < 4.78 is 22.0. The Labute approximate surface area is 276 Å². The Kier molecular flexibility index (Phi) is 12.5. The van der Waals surface area contributed by atoms with Gasteiger partial charge in [-0.3, -0.25) is 0 Å². The Bertz CT molecular complexity index is 1630. The van der Waals surface area contributed by atoms with E-state index in [0.29, 0.717) is 68.4 Å². The maximum atomic E-state index is 13.1. The first-order valence-electron chi connectivity index (χ1n) is 15.0. The predicted molar refractivity (Wildman–Crippen MR) is 175 cm³/mol. The Balaban J connectivity index is 1.71. The number of carbonyl (C=O) groups excluding carboxylic acids is 2. The molecule has 238 valence electrons. The first-order chi connectivity index (χ1) is 22.4. The topological polar surface area (TPSA) is 152 Å². The van der Waals surface area contributed by atoms with Crippen LogP contribution in [-0.2, 0) is 22.3 Å². The van der Waals surface area contributed by atoms with Crippen LogP contribution in [0, 0.1) is 22.7 Å². The van der Waals surface area contributed by atoms with Crippen LogP contribution in [0.5, 0.6) is 0 Å². The molecule has 0 bridgehead atoms. The van der Waals surface area contributed by atoms with Gasteiger partial charge in [0.05, 0.1) is 70.5 Å². The molecule has 12 heteroatoms. The molecule has 0 atom stereocenters. The number of nitrogens with zero attached hydrogens (tertiary/aromatic N) is 4. The van der Waals surface area contributed by atoms with E-state index in [9.17, 15) is 20.1 Å². The molecule has 4 aromatic rings. The first kappa shape index (κ1) is 34.4. The van der Waals surface area contributed by atoms with E-state index in [1.54, 1.807) is 38.1 Å². The third-order valence-electron chi connectivity index (χ3n) is 6.73. The summed E-state index contributed by atoms with van der Waals surface area (Å²) in [5.74, 6) is 0.664. The third kappa shape index (κ3) is 7.47. The van der Waals surface area contributed by atoms with E-state index in [-0.39, 0.29) is 35.5 Å². The van der Waals surface area contributed by atoms with Crippen LogP contribution in [0.25, 0.3) is 22.6 Å². The van der Waals surface area contributed by atoms with Crippen molar-refractivity contribution >= 4 is 35.5 Å². The molecule has 0 aromatic carbocycles. The maximum Gasteiger partial charge on any atom is 0.340 e. The second-order valence-electron chi connectivity index (χ2n) is 9.79. The van der Waals surface area contributed by atoms with Gasteiger partial charge >= 0.3 is 11.9 Å². The fraction of sp³-hybridized carbons (Fsp3) is 0.353. The number of ether oxygens (including phenoxy) is 2. The number of esters is 2. The normalized spacial score (nSPS) is 10.7. The largest absolute Gasteiger partial charge is 0.464 e. The van der Waals surface area contributed by atoms with E-state index in [1.165, 1.54) is 36.1 Å². The second-order valence-corrected chi connectivity index (χ2v) is 12.0. The van der Waals surface area contributed by atoms with E-state index in [1.807, 2.05) is 13.8 Å². The van der Waals surface area contributed by atoms with Gasteiger partial charge in [0.1, 0.15) is 33.7 Å². The molecule has 0 amide bonds. The molecule has 0 aliphatic rings. The van der Waals surface area contributed by atoms with Gasteiger partial charge in [0.2, 0.25) is 0 Å². The summed E-state index contributed by atoms with van der Waals surface area (Å²) in [6.07, 6.45) is 5.45. The Hall–Kier alpha value is -4.52. The average molecular weight is 659 g/mol. The van der Waals surface area contributed by atoms with Gasteiger partial charge in [0, 0.05) is 11.5 Å². The highest BCUT2D eigenvalue weighted by Gasteiger charge is 2.29. The van der Waals surface area contributed by atoms with Gasteiger partial charge in [-0.15, -0.1) is 23.5 Å². The number of aromatic nitrogens is 2. The molecule has 46 heavy (non-hydrogen) atoms. The highest BCUT2D eigenvalue weighted by Crippen LogP contribution is 2.39. The van der Waals surface area contributed by atoms with Gasteiger partial charge in [0.25, 0.3) is 0 Å². The van der Waals surface area contributed by atoms with Crippen molar-refractivity contribution in [3.05, 3.63) is 70.4 Å². The molecule has 0 saturated carbocycles. The molecule has 4 aromatic heterocycles. The zero-order valence-corrected chi connectivity index (χ0v) is 27.8. The summed E-state index contributed by atoms with van der Waals surface area (Å²) in [5.41, 5.74) is 2.76. The summed E-state index contributed by atoms with van der Waals surface area (Å²) in [4.78, 5) is 35.8. The van der Waals surface area contributed by atoms with E-state index in [2.05, 4.69) is 12.1 Å². The van der Waals surface area contributed by atoms with Gasteiger partial charge in [0.15, 0.2) is 0 Å². The van der Waals surface area contributed by atoms with Gasteiger partial charge < -0.3 is 18.3 Å². The minimum Gasteiger partial charge on any atom is -0.464 e. The number of thioether (sulfide) groups is 2. The van der Waals surface area contributed by atoms with Crippen molar-refractivity contribution in [2.45, 2.75) is 63.4 Å². The molecule has 4 heterocycles. The number of nitriles is 2. The molecule has 10 nitrogen and oxygen atoms in total. The molecule has 0 aliphatic carbocycles. The zero-order chi connectivity index (χ0) is 33.1. The molecule has 0 N–H and O–H groups in total. The van der Waals surface area contributed by atoms with Crippen LogP contribution in [0.4, 0.5) is 0 Å². The van der Waals surface area contributed by atoms with Crippen LogP contribution < -0.4 is 0 Å². The van der Waals surface area contributed by atoms with Gasteiger partial charge in [-0.25, -0.2) is 19.6 Å². The number of hydrogen-bond donors (Lipinski definition) is 0. The van der Waals surface area contributed by atoms with Crippen LogP contribution in [0.1, 0.15) is 83.8 Å². The molecule has 0 aliphatic heterocycles. The summed E-state index contributed by atoms with van der Waals surface area (Å²) >= 11 is 2.74. The number of carbonyl (C=O) groups is 2. The lowest BCUT2D eigenvalue weighted by Crippen LogP contribution is -2.14. The highest BCUT2D eigenvalue weighted by atomic mass is 32.2. The Morgan fingerprint density at radius 3 is 1.46 bits per heavy atom. The van der Waals surface area contributed by atoms with Crippen LogP contribution in [0.15, 0.2) is 55.7 Å². The summed E-state index contributed by atoms with van der Waals surface area (Å²) in [5, 5.41) is 21.5. The smallest absolute Gasteiger partial charge is 0.340 e. The zero-order valence-electron chi connectivity index (χ0n) is 26.2.